The van der Waals surface area contributed by atoms with Gasteiger partial charge in [0.2, 0.25) is 0 Å². The molecule has 0 bridgehead atoms. The first kappa shape index (κ1) is 25.8. The fraction of sp³-hybridized carbons (Fsp3) is 0.172. The van der Waals surface area contributed by atoms with Crippen LogP contribution in [0.1, 0.15) is 23.6 Å². The van der Waals surface area contributed by atoms with Crippen LogP contribution in [0, 0.1) is 0 Å². The maximum Gasteiger partial charge on any atom is 0.267 e. The van der Waals surface area contributed by atoms with Crippen LogP contribution in [0.5, 0.6) is 11.5 Å². The maximum absolute atomic E-state index is 13.5. The quantitative estimate of drug-likeness (QED) is 0.195. The van der Waals surface area contributed by atoms with Crippen molar-refractivity contribution in [3.63, 3.8) is 0 Å². The third-order valence-electron chi connectivity index (χ3n) is 5.29. The molecule has 0 atom stereocenters. The number of benzene rings is 3. The minimum Gasteiger partial charge on any atom is -0.490 e. The van der Waals surface area contributed by atoms with Crippen LogP contribution in [-0.2, 0) is 17.9 Å². The molecule has 0 aliphatic carbocycles. The highest BCUT2D eigenvalue weighted by molar-refractivity contribution is 9.10. The van der Waals surface area contributed by atoms with E-state index in [1.807, 2.05) is 85.8 Å². The summed E-state index contributed by atoms with van der Waals surface area (Å²) >= 11 is 4.98. The molecule has 0 radical (unpaired) electrons. The predicted molar refractivity (Wildman–Crippen MR) is 151 cm³/mol. The van der Waals surface area contributed by atoms with Crippen LogP contribution < -0.4 is 9.47 Å². The van der Waals surface area contributed by atoms with E-state index in [2.05, 4.69) is 22.5 Å². The molecule has 1 saturated heterocycles. The van der Waals surface area contributed by atoms with Crippen LogP contribution in [0.25, 0.3) is 6.08 Å². The molecule has 3 aromatic rings. The van der Waals surface area contributed by atoms with Gasteiger partial charge in [-0.25, -0.2) is 0 Å². The van der Waals surface area contributed by atoms with Crippen molar-refractivity contribution in [1.82, 2.24) is 4.90 Å². The molecule has 0 N–H and O–H groups in total. The van der Waals surface area contributed by atoms with Crippen LogP contribution >= 0.6 is 27.7 Å². The average molecular weight is 564 g/mol. The van der Waals surface area contributed by atoms with Gasteiger partial charge in [-0.2, -0.15) is 0 Å². The Morgan fingerprint density at radius 2 is 1.72 bits per heavy atom. The standard InChI is InChI=1S/C29H27BrN2O3S/c1-3-15-35-27-24(30)16-23(17-25(27)34-4-2)18-26-28(33)32(20-22-13-9-6-10-14-22)29(36-26)31-19-21-11-7-5-8-12-21/h3,5-14,16-18H,1,4,15,19-20H2,2H3/b26-18-,31-29?. The topological polar surface area (TPSA) is 51.1 Å². The van der Waals surface area contributed by atoms with E-state index in [1.165, 1.54) is 11.8 Å². The zero-order valence-electron chi connectivity index (χ0n) is 20.0. The summed E-state index contributed by atoms with van der Waals surface area (Å²) in [5.41, 5.74) is 2.97. The summed E-state index contributed by atoms with van der Waals surface area (Å²) in [5.74, 6) is 1.15. The number of amides is 1. The van der Waals surface area contributed by atoms with E-state index in [0.717, 1.165) is 21.2 Å². The van der Waals surface area contributed by atoms with Crippen molar-refractivity contribution < 1.29 is 14.3 Å². The highest BCUT2D eigenvalue weighted by atomic mass is 79.9. The van der Waals surface area contributed by atoms with E-state index in [1.54, 1.807) is 11.0 Å². The number of ether oxygens (including phenoxy) is 2. The second-order valence-corrected chi connectivity index (χ2v) is 9.80. The third kappa shape index (κ3) is 6.47. The predicted octanol–water partition coefficient (Wildman–Crippen LogP) is 7.09. The van der Waals surface area contributed by atoms with Gasteiger partial charge in [0.05, 0.1) is 29.1 Å². The molecule has 0 spiro atoms. The Labute approximate surface area is 224 Å². The molecule has 5 nitrogen and oxygen atoms in total. The van der Waals surface area contributed by atoms with E-state index in [0.29, 0.717) is 47.9 Å². The Balaban J connectivity index is 1.66. The molecule has 1 heterocycles. The molecule has 36 heavy (non-hydrogen) atoms. The van der Waals surface area contributed by atoms with Gasteiger partial charge >= 0.3 is 0 Å². The molecule has 1 amide bonds. The highest BCUT2D eigenvalue weighted by Gasteiger charge is 2.33. The summed E-state index contributed by atoms with van der Waals surface area (Å²) in [6.45, 7) is 7.45. The summed E-state index contributed by atoms with van der Waals surface area (Å²) in [6, 6.07) is 23.8. The maximum atomic E-state index is 13.5. The van der Waals surface area contributed by atoms with Crippen LogP contribution in [0.4, 0.5) is 0 Å². The van der Waals surface area contributed by atoms with Gasteiger partial charge < -0.3 is 9.47 Å². The minimum absolute atomic E-state index is 0.0725. The fourth-order valence-electron chi connectivity index (χ4n) is 3.64. The highest BCUT2D eigenvalue weighted by Crippen LogP contribution is 2.39. The molecule has 7 heteroatoms. The molecule has 3 aromatic carbocycles. The first-order valence-corrected chi connectivity index (χ1v) is 13.2. The Morgan fingerprint density at radius 1 is 1.03 bits per heavy atom. The number of hydrogen-bond acceptors (Lipinski definition) is 5. The van der Waals surface area contributed by atoms with E-state index in [-0.39, 0.29) is 5.91 Å². The van der Waals surface area contributed by atoms with Crippen LogP contribution in [0.2, 0.25) is 0 Å². The molecular formula is C29H27BrN2O3S. The van der Waals surface area contributed by atoms with Gasteiger partial charge in [0, 0.05) is 0 Å². The third-order valence-corrected chi connectivity index (χ3v) is 6.92. The van der Waals surface area contributed by atoms with Crippen LogP contribution in [0.3, 0.4) is 0 Å². The van der Waals surface area contributed by atoms with Crippen LogP contribution in [0.15, 0.2) is 99.8 Å². The number of carbonyl (C=O) groups excluding carboxylic acids is 1. The van der Waals surface area contributed by atoms with E-state index in [4.69, 9.17) is 14.5 Å². The summed E-state index contributed by atoms with van der Waals surface area (Å²) in [5, 5.41) is 0.689. The number of halogens is 1. The van der Waals surface area contributed by atoms with Crippen molar-refractivity contribution in [1.29, 1.82) is 0 Å². The van der Waals surface area contributed by atoms with Gasteiger partial charge in [0.1, 0.15) is 6.61 Å². The second kappa shape index (κ2) is 12.6. The summed E-state index contributed by atoms with van der Waals surface area (Å²) in [7, 11) is 0. The van der Waals surface area contributed by atoms with Crippen molar-refractivity contribution >= 4 is 44.8 Å². The summed E-state index contributed by atoms with van der Waals surface area (Å²) < 4.78 is 12.3. The minimum atomic E-state index is -0.0725. The van der Waals surface area contributed by atoms with Gasteiger partial charge in [0.15, 0.2) is 16.7 Å². The Kier molecular flexibility index (Phi) is 9.03. The second-order valence-electron chi connectivity index (χ2n) is 7.93. The Bertz CT molecular complexity index is 1280. The van der Waals surface area contributed by atoms with Crippen molar-refractivity contribution in [2.45, 2.75) is 20.0 Å². The van der Waals surface area contributed by atoms with Crippen LogP contribution in [-0.4, -0.2) is 29.2 Å². The van der Waals surface area contributed by atoms with Crippen molar-refractivity contribution in [2.24, 2.45) is 4.99 Å². The zero-order valence-corrected chi connectivity index (χ0v) is 22.4. The SMILES string of the molecule is C=CCOc1c(Br)cc(/C=C2\SC(=NCc3ccccc3)N(Cc3ccccc3)C2=O)cc1OCC. The average Bonchev–Trinajstić information content (AvgIpc) is 3.17. The van der Waals surface area contributed by atoms with E-state index >= 15 is 0 Å². The Hall–Kier alpha value is -3.29. The lowest BCUT2D eigenvalue weighted by Crippen LogP contribution is -2.28. The smallest absolute Gasteiger partial charge is 0.267 e. The number of aliphatic imine (C=N–C) groups is 1. The van der Waals surface area contributed by atoms with Gasteiger partial charge in [-0.05, 0) is 69.5 Å². The molecule has 0 aromatic heterocycles. The van der Waals surface area contributed by atoms with Crippen molar-refractivity contribution in [2.75, 3.05) is 13.2 Å². The van der Waals surface area contributed by atoms with Gasteiger partial charge in [-0.1, -0.05) is 73.3 Å². The molecule has 0 unspecified atom stereocenters. The van der Waals surface area contributed by atoms with Crippen molar-refractivity contribution in [3.05, 3.63) is 112 Å². The first-order chi connectivity index (χ1) is 17.6. The molecule has 1 fully saturated rings. The molecule has 0 saturated carbocycles. The molecule has 1 aliphatic rings. The van der Waals surface area contributed by atoms with Crippen molar-refractivity contribution in [3.8, 4) is 11.5 Å². The summed E-state index contributed by atoms with van der Waals surface area (Å²) in [6.07, 6.45) is 3.56. The monoisotopic (exact) mass is 562 g/mol. The molecule has 4 rings (SSSR count). The summed E-state index contributed by atoms with van der Waals surface area (Å²) in [4.78, 5) is 20.7. The number of hydrogen-bond donors (Lipinski definition) is 0. The largest absolute Gasteiger partial charge is 0.490 e. The molecular weight excluding hydrogens is 536 g/mol. The Morgan fingerprint density at radius 3 is 2.39 bits per heavy atom. The molecule has 1 aliphatic heterocycles. The number of amidine groups is 1. The lowest BCUT2D eigenvalue weighted by Gasteiger charge is -2.16. The molecule has 184 valence electrons. The van der Waals surface area contributed by atoms with E-state index < -0.39 is 0 Å². The van der Waals surface area contributed by atoms with Gasteiger partial charge in [0.25, 0.3) is 5.91 Å². The normalized spacial score (nSPS) is 15.5. The number of nitrogens with zero attached hydrogens (tertiary/aromatic N) is 2. The van der Waals surface area contributed by atoms with Gasteiger partial charge in [-0.3, -0.25) is 14.7 Å². The van der Waals surface area contributed by atoms with E-state index in [9.17, 15) is 4.79 Å². The lowest BCUT2D eigenvalue weighted by molar-refractivity contribution is -0.122. The number of thioether (sulfide) groups is 1. The first-order valence-electron chi connectivity index (χ1n) is 11.6. The number of carbonyl (C=O) groups is 1. The fourth-order valence-corrected chi connectivity index (χ4v) is 5.19. The zero-order chi connectivity index (χ0) is 25.3. The number of rotatable bonds is 10. The lowest BCUT2D eigenvalue weighted by atomic mass is 10.1. The van der Waals surface area contributed by atoms with Gasteiger partial charge in [-0.15, -0.1) is 0 Å².